The normalized spacial score (nSPS) is 10.6. The van der Waals surface area contributed by atoms with Gasteiger partial charge in [-0.2, -0.15) is 0 Å². The Morgan fingerprint density at radius 1 is 0.897 bits per heavy atom. The van der Waals surface area contributed by atoms with Crippen LogP contribution in [0.4, 0.5) is 5.69 Å². The number of phenols is 2. The molecule has 2 aromatic heterocycles. The fourth-order valence-corrected chi connectivity index (χ4v) is 3.00. The number of anilines is 1. The number of aromatic nitrogens is 2. The first kappa shape index (κ1) is 18.2. The highest BCUT2D eigenvalue weighted by molar-refractivity contribution is 5.93. The molecule has 0 unspecified atom stereocenters. The first-order valence-corrected chi connectivity index (χ1v) is 8.86. The molecule has 2 aromatic carbocycles. The molecule has 4 rings (SSSR count). The topological polar surface area (TPSA) is 99.7 Å². The van der Waals surface area contributed by atoms with Gasteiger partial charge in [-0.1, -0.05) is 11.2 Å². The molecular formula is C22H17N3O4. The van der Waals surface area contributed by atoms with Crippen molar-refractivity contribution in [2.24, 2.45) is 0 Å². The molecule has 0 fully saturated rings. The molecule has 0 aliphatic heterocycles. The van der Waals surface area contributed by atoms with Crippen molar-refractivity contribution in [1.29, 1.82) is 0 Å². The van der Waals surface area contributed by atoms with Gasteiger partial charge in [-0.3, -0.25) is 9.78 Å². The number of hydrogen-bond acceptors (Lipinski definition) is 6. The van der Waals surface area contributed by atoms with Crippen LogP contribution in [-0.2, 0) is 11.3 Å². The number of rotatable bonds is 6. The van der Waals surface area contributed by atoms with Gasteiger partial charge in [0.25, 0.3) is 0 Å². The average Bonchev–Trinajstić information content (AvgIpc) is 3.19. The molecule has 0 saturated carbocycles. The van der Waals surface area contributed by atoms with Crippen LogP contribution in [0.15, 0.2) is 77.4 Å². The molecular weight excluding hydrogens is 370 g/mol. The summed E-state index contributed by atoms with van der Waals surface area (Å²) in [7, 11) is 0. The van der Waals surface area contributed by atoms with Gasteiger partial charge in [0.1, 0.15) is 22.9 Å². The fourth-order valence-electron chi connectivity index (χ4n) is 3.00. The van der Waals surface area contributed by atoms with Gasteiger partial charge in [0, 0.05) is 17.3 Å². The molecule has 0 spiro atoms. The second-order valence-electron chi connectivity index (χ2n) is 6.36. The van der Waals surface area contributed by atoms with E-state index in [0.717, 1.165) is 0 Å². The molecule has 29 heavy (non-hydrogen) atoms. The second kappa shape index (κ2) is 7.85. The Morgan fingerprint density at radius 2 is 1.55 bits per heavy atom. The first-order valence-electron chi connectivity index (χ1n) is 8.86. The Morgan fingerprint density at radius 3 is 2.14 bits per heavy atom. The lowest BCUT2D eigenvalue weighted by atomic mass is 10.1. The number of carbonyl (C=O) groups is 1. The molecule has 0 aliphatic carbocycles. The van der Waals surface area contributed by atoms with E-state index in [4.69, 9.17) is 4.52 Å². The Balaban J connectivity index is 1.85. The van der Waals surface area contributed by atoms with E-state index in [1.54, 1.807) is 36.5 Å². The number of benzene rings is 2. The first-order chi connectivity index (χ1) is 14.2. The van der Waals surface area contributed by atoms with E-state index < -0.39 is 0 Å². The lowest BCUT2D eigenvalue weighted by Crippen LogP contribution is -2.21. The minimum absolute atomic E-state index is 0.120. The number of hydrogen-bond donors (Lipinski definition) is 2. The van der Waals surface area contributed by atoms with Crippen molar-refractivity contribution in [3.05, 3.63) is 78.6 Å². The van der Waals surface area contributed by atoms with Crippen molar-refractivity contribution in [2.45, 2.75) is 6.54 Å². The Hall–Kier alpha value is -4.13. The summed E-state index contributed by atoms with van der Waals surface area (Å²) < 4.78 is 5.61. The highest BCUT2D eigenvalue weighted by Gasteiger charge is 2.25. The number of amides is 1. The molecule has 7 nitrogen and oxygen atoms in total. The van der Waals surface area contributed by atoms with Crippen LogP contribution >= 0.6 is 0 Å². The molecule has 2 heterocycles. The van der Waals surface area contributed by atoms with Crippen molar-refractivity contribution in [3.8, 4) is 34.1 Å². The summed E-state index contributed by atoms with van der Waals surface area (Å²) in [6.45, 7) is 0.224. The van der Waals surface area contributed by atoms with Crippen molar-refractivity contribution in [3.63, 3.8) is 0 Å². The maximum absolute atomic E-state index is 12.0. The predicted octanol–water partition coefficient (Wildman–Crippen LogP) is 3.98. The number of nitrogens with zero attached hydrogens (tertiary/aromatic N) is 3. The van der Waals surface area contributed by atoms with E-state index in [1.807, 2.05) is 12.1 Å². The number of aromatic hydroxyl groups is 2. The number of pyridine rings is 1. The molecule has 0 aliphatic rings. The van der Waals surface area contributed by atoms with Gasteiger partial charge in [-0.25, -0.2) is 0 Å². The van der Waals surface area contributed by atoms with Crippen LogP contribution in [-0.4, -0.2) is 26.8 Å². The van der Waals surface area contributed by atoms with Gasteiger partial charge in [-0.05, 0) is 60.7 Å². The van der Waals surface area contributed by atoms with Crippen molar-refractivity contribution in [1.82, 2.24) is 10.1 Å². The van der Waals surface area contributed by atoms with Crippen LogP contribution in [0.1, 0.15) is 5.69 Å². The third kappa shape index (κ3) is 3.79. The average molecular weight is 387 g/mol. The molecule has 0 atom stereocenters. The van der Waals surface area contributed by atoms with Gasteiger partial charge in [0.2, 0.25) is 6.41 Å². The minimum Gasteiger partial charge on any atom is -0.508 e. The molecule has 7 heteroatoms. The van der Waals surface area contributed by atoms with E-state index >= 15 is 0 Å². The molecule has 0 radical (unpaired) electrons. The van der Waals surface area contributed by atoms with E-state index in [9.17, 15) is 15.0 Å². The van der Waals surface area contributed by atoms with Gasteiger partial charge in [0.15, 0.2) is 5.76 Å². The highest BCUT2D eigenvalue weighted by Crippen LogP contribution is 2.40. The molecule has 0 bridgehead atoms. The highest BCUT2D eigenvalue weighted by atomic mass is 16.5. The largest absolute Gasteiger partial charge is 0.508 e. The summed E-state index contributed by atoms with van der Waals surface area (Å²) in [6.07, 6.45) is 2.36. The zero-order valence-corrected chi connectivity index (χ0v) is 15.3. The molecule has 1 amide bonds. The minimum atomic E-state index is 0.120. The second-order valence-corrected chi connectivity index (χ2v) is 6.36. The van der Waals surface area contributed by atoms with Gasteiger partial charge in [-0.15, -0.1) is 0 Å². The number of carbonyl (C=O) groups excluding carboxylic acids is 1. The fraction of sp³-hybridized carbons (Fsp3) is 0.0455. The summed E-state index contributed by atoms with van der Waals surface area (Å²) in [6, 6.07) is 18.4. The third-order valence-electron chi connectivity index (χ3n) is 4.41. The quantitative estimate of drug-likeness (QED) is 0.486. The lowest BCUT2D eigenvalue weighted by Gasteiger charge is -2.18. The van der Waals surface area contributed by atoms with Crippen molar-refractivity contribution < 1.29 is 19.5 Å². The molecule has 2 N–H and O–H groups in total. The Labute approximate surface area is 166 Å². The molecule has 4 aromatic rings. The van der Waals surface area contributed by atoms with Gasteiger partial charge < -0.3 is 19.6 Å². The summed E-state index contributed by atoms with van der Waals surface area (Å²) >= 11 is 0. The maximum atomic E-state index is 12.0. The maximum Gasteiger partial charge on any atom is 0.214 e. The van der Waals surface area contributed by atoms with Crippen molar-refractivity contribution >= 4 is 12.1 Å². The lowest BCUT2D eigenvalue weighted by molar-refractivity contribution is -0.107. The summed E-state index contributed by atoms with van der Waals surface area (Å²) in [5, 5.41) is 23.4. The van der Waals surface area contributed by atoms with Crippen LogP contribution in [0.2, 0.25) is 0 Å². The molecule has 0 saturated heterocycles. The van der Waals surface area contributed by atoms with Crippen LogP contribution in [0, 0.1) is 0 Å². The summed E-state index contributed by atoms with van der Waals surface area (Å²) in [5.41, 5.74) is 2.97. The van der Waals surface area contributed by atoms with Gasteiger partial charge in [0.05, 0.1) is 12.2 Å². The van der Waals surface area contributed by atoms with Crippen LogP contribution in [0.3, 0.4) is 0 Å². The smallest absolute Gasteiger partial charge is 0.214 e. The van der Waals surface area contributed by atoms with Crippen molar-refractivity contribution in [2.75, 3.05) is 4.90 Å². The van der Waals surface area contributed by atoms with Crippen LogP contribution in [0.5, 0.6) is 11.5 Å². The SMILES string of the molecule is O=CN(Cc1ccccn1)c1c(-c2ccc(O)cc2)noc1-c1ccc(O)cc1. The molecule has 144 valence electrons. The van der Waals surface area contributed by atoms with Crippen LogP contribution in [0.25, 0.3) is 22.6 Å². The Bertz CT molecular complexity index is 1040. The third-order valence-corrected chi connectivity index (χ3v) is 4.41. The summed E-state index contributed by atoms with van der Waals surface area (Å²) in [4.78, 5) is 17.8. The zero-order valence-electron chi connectivity index (χ0n) is 15.3. The van der Waals surface area contributed by atoms with E-state index in [2.05, 4.69) is 10.1 Å². The monoisotopic (exact) mass is 387 g/mol. The summed E-state index contributed by atoms with van der Waals surface area (Å²) in [5.74, 6) is 0.628. The van der Waals surface area contributed by atoms with E-state index in [0.29, 0.717) is 40.4 Å². The van der Waals surface area contributed by atoms with Gasteiger partial charge >= 0.3 is 0 Å². The number of phenolic OH excluding ortho intramolecular Hbond substituents is 2. The van der Waals surface area contributed by atoms with Crippen LogP contribution < -0.4 is 4.90 Å². The van der Waals surface area contributed by atoms with E-state index in [-0.39, 0.29) is 18.0 Å². The Kier molecular flexibility index (Phi) is 4.94. The predicted molar refractivity (Wildman–Crippen MR) is 107 cm³/mol. The standard InChI is InChI=1S/C22H17N3O4/c26-14-25(13-17-3-1-2-12-23-17)21-20(15-4-8-18(27)9-5-15)24-29-22(21)16-6-10-19(28)11-7-16/h1-12,14,27-28H,13H2. The zero-order chi connectivity index (χ0) is 20.2. The van der Waals surface area contributed by atoms with E-state index in [1.165, 1.54) is 29.2 Å².